The third-order valence-electron chi connectivity index (χ3n) is 4.52. The van der Waals surface area contributed by atoms with Gasteiger partial charge in [-0.15, -0.1) is 5.10 Å². The van der Waals surface area contributed by atoms with E-state index in [-0.39, 0.29) is 0 Å². The zero-order valence-corrected chi connectivity index (χ0v) is 14.8. The van der Waals surface area contributed by atoms with Gasteiger partial charge >= 0.3 is 0 Å². The average molecular weight is 357 g/mol. The molecule has 0 aliphatic carbocycles. The summed E-state index contributed by atoms with van der Waals surface area (Å²) in [6.45, 7) is 3.52. The second-order valence-electron chi connectivity index (χ2n) is 6.27. The van der Waals surface area contributed by atoms with Gasteiger partial charge in [-0.2, -0.15) is 15.3 Å². The highest BCUT2D eigenvalue weighted by atomic mass is 15.4. The number of nitriles is 1. The second kappa shape index (κ2) is 7.70. The van der Waals surface area contributed by atoms with Crippen LogP contribution in [0.5, 0.6) is 0 Å². The molecule has 0 radical (unpaired) electrons. The number of anilines is 4. The third kappa shape index (κ3) is 3.96. The standard InChI is InChI=1S/C20H19N7/c21-14-16-6-8-17(9-7-16)23-19-15-22-25-20(24-19)27-12-10-26(11-13-27)18-4-2-1-3-5-18/h1-9,15H,10-13H2,(H,23,24,25). The number of rotatable bonds is 4. The van der Waals surface area contributed by atoms with E-state index in [9.17, 15) is 0 Å². The molecule has 3 aromatic rings. The van der Waals surface area contributed by atoms with Crippen LogP contribution in [0.4, 0.5) is 23.1 Å². The van der Waals surface area contributed by atoms with Crippen LogP contribution in [-0.4, -0.2) is 41.4 Å². The Balaban J connectivity index is 1.41. The van der Waals surface area contributed by atoms with Crippen molar-refractivity contribution in [2.24, 2.45) is 0 Å². The first-order valence-electron chi connectivity index (χ1n) is 8.84. The lowest BCUT2D eigenvalue weighted by molar-refractivity contribution is 0.635. The minimum absolute atomic E-state index is 0.623. The first-order chi connectivity index (χ1) is 13.3. The Morgan fingerprint density at radius 1 is 0.889 bits per heavy atom. The van der Waals surface area contributed by atoms with Gasteiger partial charge in [-0.25, -0.2) is 0 Å². The summed E-state index contributed by atoms with van der Waals surface area (Å²) in [5.41, 5.74) is 2.72. The zero-order chi connectivity index (χ0) is 18.5. The largest absolute Gasteiger partial charge is 0.368 e. The minimum Gasteiger partial charge on any atom is -0.368 e. The summed E-state index contributed by atoms with van der Waals surface area (Å²) in [5, 5.41) is 20.4. The lowest BCUT2D eigenvalue weighted by Gasteiger charge is -2.35. The summed E-state index contributed by atoms with van der Waals surface area (Å²) in [7, 11) is 0. The van der Waals surface area contributed by atoms with Crippen LogP contribution < -0.4 is 15.1 Å². The highest BCUT2D eigenvalue weighted by Gasteiger charge is 2.19. The maximum absolute atomic E-state index is 8.88. The van der Waals surface area contributed by atoms with Crippen LogP contribution in [0.15, 0.2) is 60.8 Å². The predicted molar refractivity (Wildman–Crippen MR) is 105 cm³/mol. The van der Waals surface area contributed by atoms with E-state index in [0.29, 0.717) is 17.3 Å². The molecular formula is C20H19N7. The second-order valence-corrected chi connectivity index (χ2v) is 6.27. The Bertz CT molecular complexity index is 927. The number of piperazine rings is 1. The van der Waals surface area contributed by atoms with E-state index in [4.69, 9.17) is 5.26 Å². The number of nitrogens with zero attached hydrogens (tertiary/aromatic N) is 6. The quantitative estimate of drug-likeness (QED) is 0.769. The fraction of sp³-hybridized carbons (Fsp3) is 0.200. The molecule has 0 unspecified atom stereocenters. The molecule has 1 aliphatic rings. The molecule has 1 aliphatic heterocycles. The fourth-order valence-corrected chi connectivity index (χ4v) is 3.07. The van der Waals surface area contributed by atoms with Crippen molar-refractivity contribution in [1.29, 1.82) is 5.26 Å². The maximum Gasteiger partial charge on any atom is 0.247 e. The molecule has 7 heteroatoms. The topological polar surface area (TPSA) is 81.0 Å². The van der Waals surface area contributed by atoms with Crippen LogP contribution in [0.3, 0.4) is 0 Å². The first kappa shape index (κ1) is 16.8. The lowest BCUT2D eigenvalue weighted by atomic mass is 10.2. The van der Waals surface area contributed by atoms with Crippen LogP contribution in [0.2, 0.25) is 0 Å². The van der Waals surface area contributed by atoms with Gasteiger partial charge in [0.15, 0.2) is 5.82 Å². The molecule has 134 valence electrons. The van der Waals surface area contributed by atoms with Gasteiger partial charge in [0.25, 0.3) is 0 Å². The van der Waals surface area contributed by atoms with Crippen LogP contribution in [0, 0.1) is 11.3 Å². The SMILES string of the molecule is N#Cc1ccc(Nc2cnnc(N3CCN(c4ccccc4)CC3)n2)cc1. The van der Waals surface area contributed by atoms with Gasteiger partial charge in [-0.05, 0) is 36.4 Å². The van der Waals surface area contributed by atoms with Gasteiger partial charge in [0.2, 0.25) is 5.95 Å². The molecule has 1 fully saturated rings. The summed E-state index contributed by atoms with van der Waals surface area (Å²) >= 11 is 0. The van der Waals surface area contributed by atoms with Gasteiger partial charge in [0.05, 0.1) is 17.8 Å². The maximum atomic E-state index is 8.88. The van der Waals surface area contributed by atoms with Crippen molar-refractivity contribution in [1.82, 2.24) is 15.2 Å². The highest BCUT2D eigenvalue weighted by Crippen LogP contribution is 2.19. The Morgan fingerprint density at radius 2 is 1.59 bits per heavy atom. The van der Waals surface area contributed by atoms with E-state index in [1.54, 1.807) is 18.3 Å². The Labute approximate surface area is 157 Å². The third-order valence-corrected chi connectivity index (χ3v) is 4.52. The van der Waals surface area contributed by atoms with E-state index in [1.165, 1.54) is 5.69 Å². The van der Waals surface area contributed by atoms with E-state index >= 15 is 0 Å². The Kier molecular flexibility index (Phi) is 4.79. The zero-order valence-electron chi connectivity index (χ0n) is 14.8. The van der Waals surface area contributed by atoms with Gasteiger partial charge in [0, 0.05) is 37.6 Å². The number of hydrogen-bond acceptors (Lipinski definition) is 7. The predicted octanol–water partition coefficient (Wildman–Crippen LogP) is 2.81. The van der Waals surface area contributed by atoms with E-state index in [2.05, 4.69) is 60.6 Å². The monoisotopic (exact) mass is 357 g/mol. The van der Waals surface area contributed by atoms with Gasteiger partial charge in [0.1, 0.15) is 0 Å². The van der Waals surface area contributed by atoms with Crippen molar-refractivity contribution in [2.45, 2.75) is 0 Å². The van der Waals surface area contributed by atoms with Crippen molar-refractivity contribution in [2.75, 3.05) is 41.3 Å². The molecule has 2 aromatic carbocycles. The summed E-state index contributed by atoms with van der Waals surface area (Å²) in [6, 6.07) is 19.8. The number of para-hydroxylation sites is 1. The molecule has 2 heterocycles. The normalized spacial score (nSPS) is 13.9. The molecule has 1 saturated heterocycles. The smallest absolute Gasteiger partial charge is 0.247 e. The van der Waals surface area contributed by atoms with Gasteiger partial charge in [-0.3, -0.25) is 0 Å². The fourth-order valence-electron chi connectivity index (χ4n) is 3.07. The molecule has 0 amide bonds. The van der Waals surface area contributed by atoms with Gasteiger partial charge < -0.3 is 15.1 Å². The van der Waals surface area contributed by atoms with E-state index < -0.39 is 0 Å². The van der Waals surface area contributed by atoms with Crippen molar-refractivity contribution in [3.8, 4) is 6.07 Å². The average Bonchev–Trinajstić information content (AvgIpc) is 2.75. The van der Waals surface area contributed by atoms with Crippen molar-refractivity contribution in [3.05, 3.63) is 66.4 Å². The molecule has 7 nitrogen and oxygen atoms in total. The number of benzene rings is 2. The molecule has 1 aromatic heterocycles. The number of hydrogen-bond donors (Lipinski definition) is 1. The van der Waals surface area contributed by atoms with Crippen molar-refractivity contribution >= 4 is 23.1 Å². The highest BCUT2D eigenvalue weighted by molar-refractivity contribution is 5.57. The summed E-state index contributed by atoms with van der Waals surface area (Å²) in [6.07, 6.45) is 1.60. The molecule has 4 rings (SSSR count). The summed E-state index contributed by atoms with van der Waals surface area (Å²) in [5.74, 6) is 1.26. The summed E-state index contributed by atoms with van der Waals surface area (Å²) in [4.78, 5) is 9.10. The molecular weight excluding hydrogens is 338 g/mol. The molecule has 1 N–H and O–H groups in total. The van der Waals surface area contributed by atoms with Crippen LogP contribution in [0.25, 0.3) is 0 Å². The summed E-state index contributed by atoms with van der Waals surface area (Å²) < 4.78 is 0. The lowest BCUT2D eigenvalue weighted by Crippen LogP contribution is -2.47. The van der Waals surface area contributed by atoms with E-state index in [0.717, 1.165) is 31.9 Å². The molecule has 0 saturated carbocycles. The first-order valence-corrected chi connectivity index (χ1v) is 8.84. The Morgan fingerprint density at radius 3 is 2.30 bits per heavy atom. The molecule has 0 spiro atoms. The molecule has 0 bridgehead atoms. The molecule has 0 atom stereocenters. The van der Waals surface area contributed by atoms with Gasteiger partial charge in [-0.1, -0.05) is 18.2 Å². The Hall–Kier alpha value is -3.66. The van der Waals surface area contributed by atoms with Crippen molar-refractivity contribution in [3.63, 3.8) is 0 Å². The van der Waals surface area contributed by atoms with Crippen molar-refractivity contribution < 1.29 is 0 Å². The van der Waals surface area contributed by atoms with Crippen LogP contribution in [0.1, 0.15) is 5.56 Å². The number of nitrogens with one attached hydrogen (secondary N) is 1. The van der Waals surface area contributed by atoms with Crippen LogP contribution in [-0.2, 0) is 0 Å². The van der Waals surface area contributed by atoms with E-state index in [1.807, 2.05) is 18.2 Å². The minimum atomic E-state index is 0.623. The number of aromatic nitrogens is 3. The molecule has 27 heavy (non-hydrogen) atoms. The van der Waals surface area contributed by atoms with Crippen LogP contribution >= 0.6 is 0 Å².